The summed E-state index contributed by atoms with van der Waals surface area (Å²) < 4.78 is 5.71. The summed E-state index contributed by atoms with van der Waals surface area (Å²) in [6.07, 6.45) is 0.638. The molecule has 4 rings (SSSR count). The molecule has 1 aliphatic rings. The van der Waals surface area contributed by atoms with Gasteiger partial charge in [-0.3, -0.25) is 4.79 Å². The first-order valence-corrected chi connectivity index (χ1v) is 9.39. The lowest BCUT2D eigenvalue weighted by Crippen LogP contribution is -2.36. The minimum Gasteiger partial charge on any atom is -0.486 e. The average molecular weight is 378 g/mol. The first-order chi connectivity index (χ1) is 13.2. The predicted octanol–water partition coefficient (Wildman–Crippen LogP) is 5.31. The number of hydrogen-bond donors (Lipinski definition) is 1. The highest BCUT2D eigenvalue weighted by Crippen LogP contribution is 2.38. The van der Waals surface area contributed by atoms with E-state index in [1.165, 1.54) is 0 Å². The van der Waals surface area contributed by atoms with E-state index >= 15 is 0 Å². The molecule has 4 heteroatoms. The Hall–Kier alpha value is -2.78. The molecule has 136 valence electrons. The highest BCUT2D eigenvalue weighted by Gasteiger charge is 2.34. The van der Waals surface area contributed by atoms with Crippen molar-refractivity contribution in [1.29, 1.82) is 0 Å². The summed E-state index contributed by atoms with van der Waals surface area (Å²) in [6, 6.07) is 25.2. The van der Waals surface area contributed by atoms with E-state index in [9.17, 15) is 4.79 Å². The minimum absolute atomic E-state index is 0.0512. The van der Waals surface area contributed by atoms with Gasteiger partial charge in [0.05, 0.1) is 6.04 Å². The molecule has 27 heavy (non-hydrogen) atoms. The van der Waals surface area contributed by atoms with E-state index < -0.39 is 0 Å². The molecule has 0 unspecified atom stereocenters. The second-order valence-corrected chi connectivity index (χ2v) is 7.15. The number of nitrogens with one attached hydrogen (secondary N) is 1. The average Bonchev–Trinajstić information content (AvgIpc) is 2.72. The number of rotatable bonds is 5. The van der Waals surface area contributed by atoms with Crippen molar-refractivity contribution in [2.24, 2.45) is 5.92 Å². The van der Waals surface area contributed by atoms with Gasteiger partial charge in [0.15, 0.2) is 5.78 Å². The smallest absolute Gasteiger partial charge is 0.175 e. The molecule has 0 spiro atoms. The SMILES string of the molecule is O=C(COc1ccccc1)[C@H]1Cc2cc(Cl)ccc2N[C@H]1c1ccccc1. The van der Waals surface area contributed by atoms with Gasteiger partial charge in [-0.2, -0.15) is 0 Å². The van der Waals surface area contributed by atoms with Crippen molar-refractivity contribution in [2.45, 2.75) is 12.5 Å². The molecule has 3 nitrogen and oxygen atoms in total. The Balaban J connectivity index is 1.59. The van der Waals surface area contributed by atoms with Crippen LogP contribution in [-0.4, -0.2) is 12.4 Å². The standard InChI is InChI=1S/C23H20ClNO2/c24-18-11-12-21-17(13-18)14-20(23(25-21)16-7-3-1-4-8-16)22(26)15-27-19-9-5-2-6-10-19/h1-13,20,23,25H,14-15H2/t20-,23+/m1/s1. The van der Waals surface area contributed by atoms with Crippen molar-refractivity contribution >= 4 is 23.1 Å². The molecule has 0 saturated heterocycles. The van der Waals surface area contributed by atoms with Gasteiger partial charge < -0.3 is 10.1 Å². The third kappa shape index (κ3) is 3.99. The predicted molar refractivity (Wildman–Crippen MR) is 108 cm³/mol. The third-order valence-electron chi connectivity index (χ3n) is 4.92. The Labute approximate surface area is 163 Å². The monoisotopic (exact) mass is 377 g/mol. The topological polar surface area (TPSA) is 38.3 Å². The van der Waals surface area contributed by atoms with E-state index in [0.29, 0.717) is 17.2 Å². The van der Waals surface area contributed by atoms with Gasteiger partial charge in [0.2, 0.25) is 0 Å². The molecule has 0 radical (unpaired) electrons. The highest BCUT2D eigenvalue weighted by atomic mass is 35.5. The molecule has 2 atom stereocenters. The van der Waals surface area contributed by atoms with Crippen molar-refractivity contribution in [2.75, 3.05) is 11.9 Å². The summed E-state index contributed by atoms with van der Waals surface area (Å²) in [5.41, 5.74) is 3.19. The van der Waals surface area contributed by atoms with Crippen LogP contribution in [0.2, 0.25) is 5.02 Å². The second kappa shape index (κ2) is 7.85. The Morgan fingerprint density at radius 2 is 1.70 bits per heavy atom. The van der Waals surface area contributed by atoms with Crippen molar-refractivity contribution in [3.05, 3.63) is 95.0 Å². The van der Waals surface area contributed by atoms with Crippen LogP contribution in [0.25, 0.3) is 0 Å². The van der Waals surface area contributed by atoms with Crippen LogP contribution >= 0.6 is 11.6 Å². The van der Waals surface area contributed by atoms with Gasteiger partial charge in [0.25, 0.3) is 0 Å². The maximum absolute atomic E-state index is 13.1. The van der Waals surface area contributed by atoms with Gasteiger partial charge in [0.1, 0.15) is 12.4 Å². The normalized spacial score (nSPS) is 18.3. The van der Waals surface area contributed by atoms with Crippen LogP contribution in [0.5, 0.6) is 5.75 Å². The van der Waals surface area contributed by atoms with Crippen molar-refractivity contribution in [3.8, 4) is 5.75 Å². The summed E-state index contributed by atoms with van der Waals surface area (Å²) in [7, 11) is 0. The zero-order chi connectivity index (χ0) is 18.6. The van der Waals surface area contributed by atoms with Crippen molar-refractivity contribution in [3.63, 3.8) is 0 Å². The van der Waals surface area contributed by atoms with Crippen LogP contribution in [0.15, 0.2) is 78.9 Å². The van der Waals surface area contributed by atoms with E-state index in [2.05, 4.69) is 17.4 Å². The number of benzene rings is 3. The number of anilines is 1. The summed E-state index contributed by atoms with van der Waals surface area (Å²) in [6.45, 7) is 0.0512. The molecule has 1 aliphatic heterocycles. The fourth-order valence-corrected chi connectivity index (χ4v) is 3.74. The van der Waals surface area contributed by atoms with Gasteiger partial charge >= 0.3 is 0 Å². The molecular weight excluding hydrogens is 358 g/mol. The maximum Gasteiger partial charge on any atom is 0.175 e. The summed E-state index contributed by atoms with van der Waals surface area (Å²) in [5.74, 6) is 0.558. The van der Waals surface area contributed by atoms with Gasteiger partial charge in [0, 0.05) is 16.6 Å². The largest absolute Gasteiger partial charge is 0.486 e. The molecule has 0 aromatic heterocycles. The number of ketones is 1. The third-order valence-corrected chi connectivity index (χ3v) is 5.15. The Kier molecular flexibility index (Phi) is 5.12. The number of halogens is 1. The Morgan fingerprint density at radius 1 is 1.00 bits per heavy atom. The first-order valence-electron chi connectivity index (χ1n) is 9.01. The number of ether oxygens (including phenoxy) is 1. The van der Waals surface area contributed by atoms with E-state index in [4.69, 9.17) is 16.3 Å². The van der Waals surface area contributed by atoms with Crippen LogP contribution in [0.3, 0.4) is 0 Å². The summed E-state index contributed by atoms with van der Waals surface area (Å²) in [4.78, 5) is 13.1. The van der Waals surface area contributed by atoms with Crippen LogP contribution in [0.4, 0.5) is 5.69 Å². The lowest BCUT2D eigenvalue weighted by Gasteiger charge is -2.34. The lowest BCUT2D eigenvalue weighted by atomic mass is 9.81. The van der Waals surface area contributed by atoms with Crippen molar-refractivity contribution < 1.29 is 9.53 Å². The fourth-order valence-electron chi connectivity index (χ4n) is 3.55. The highest BCUT2D eigenvalue weighted by molar-refractivity contribution is 6.30. The lowest BCUT2D eigenvalue weighted by molar-refractivity contribution is -0.125. The van der Waals surface area contributed by atoms with Gasteiger partial charge in [-0.1, -0.05) is 60.1 Å². The molecule has 3 aromatic carbocycles. The maximum atomic E-state index is 13.1. The van der Waals surface area contributed by atoms with Crippen LogP contribution in [0.1, 0.15) is 17.2 Å². The van der Waals surface area contributed by atoms with E-state index in [0.717, 1.165) is 16.8 Å². The van der Waals surface area contributed by atoms with Crippen molar-refractivity contribution in [1.82, 2.24) is 0 Å². The number of fused-ring (bicyclic) bond motifs is 1. The molecule has 0 bridgehead atoms. The first kappa shape index (κ1) is 17.6. The zero-order valence-electron chi connectivity index (χ0n) is 14.8. The van der Waals surface area contributed by atoms with Gasteiger partial charge in [-0.25, -0.2) is 0 Å². The molecule has 3 aromatic rings. The molecule has 1 N–H and O–H groups in total. The number of carbonyl (C=O) groups excluding carboxylic acids is 1. The zero-order valence-corrected chi connectivity index (χ0v) is 15.5. The van der Waals surface area contributed by atoms with Crippen LogP contribution < -0.4 is 10.1 Å². The van der Waals surface area contributed by atoms with Crippen LogP contribution in [0, 0.1) is 5.92 Å². The van der Waals surface area contributed by atoms with Gasteiger partial charge in [-0.15, -0.1) is 0 Å². The summed E-state index contributed by atoms with van der Waals surface area (Å²) in [5, 5.41) is 4.22. The number of Topliss-reactive ketones (excluding diaryl/α,β-unsaturated/α-hetero) is 1. The quantitative estimate of drug-likeness (QED) is 0.654. The van der Waals surface area contributed by atoms with E-state index in [1.54, 1.807) is 0 Å². The Bertz CT molecular complexity index is 928. The van der Waals surface area contributed by atoms with E-state index in [1.807, 2.05) is 66.7 Å². The fraction of sp³-hybridized carbons (Fsp3) is 0.174. The molecule has 0 saturated carbocycles. The molecule has 0 amide bonds. The summed E-state index contributed by atoms with van der Waals surface area (Å²) >= 11 is 6.16. The minimum atomic E-state index is -0.220. The molecule has 1 heterocycles. The number of carbonyl (C=O) groups is 1. The second-order valence-electron chi connectivity index (χ2n) is 6.71. The molecule has 0 fully saturated rings. The number of para-hydroxylation sites is 1. The molecule has 0 aliphatic carbocycles. The van der Waals surface area contributed by atoms with E-state index in [-0.39, 0.29) is 24.3 Å². The Morgan fingerprint density at radius 3 is 2.44 bits per heavy atom. The molecular formula is C23H20ClNO2. The van der Waals surface area contributed by atoms with Crippen LogP contribution in [-0.2, 0) is 11.2 Å². The number of hydrogen-bond acceptors (Lipinski definition) is 3. The van der Waals surface area contributed by atoms with Gasteiger partial charge in [-0.05, 0) is 47.9 Å².